The van der Waals surface area contributed by atoms with Gasteiger partial charge in [0.25, 0.3) is 0 Å². The molecule has 0 aromatic heterocycles. The van der Waals surface area contributed by atoms with Gasteiger partial charge in [-0.1, -0.05) is 19.9 Å². The zero-order chi connectivity index (χ0) is 10.1. The van der Waals surface area contributed by atoms with Gasteiger partial charge in [0.2, 0.25) is 0 Å². The van der Waals surface area contributed by atoms with Gasteiger partial charge in [0.05, 0.1) is 0 Å². The molecule has 0 spiro atoms. The third kappa shape index (κ3) is 8.04. The summed E-state index contributed by atoms with van der Waals surface area (Å²) in [5.41, 5.74) is 0. The highest BCUT2D eigenvalue weighted by atomic mass is 14.9. The van der Waals surface area contributed by atoms with E-state index >= 15 is 0 Å². The summed E-state index contributed by atoms with van der Waals surface area (Å²) in [6, 6.07) is 0.666. The Labute approximate surface area is 83.6 Å². The van der Waals surface area contributed by atoms with Crippen molar-refractivity contribution < 1.29 is 0 Å². The maximum Gasteiger partial charge on any atom is 0.00412 e. The molecule has 0 aliphatic carbocycles. The number of allylic oxidation sites excluding steroid dienone is 1. The van der Waals surface area contributed by atoms with Gasteiger partial charge in [-0.15, -0.1) is 6.58 Å². The van der Waals surface area contributed by atoms with E-state index < -0.39 is 0 Å². The lowest BCUT2D eigenvalue weighted by atomic mass is 9.98. The van der Waals surface area contributed by atoms with E-state index in [-0.39, 0.29) is 0 Å². The Balaban J connectivity index is 3.40. The van der Waals surface area contributed by atoms with Crippen molar-refractivity contribution in [3.05, 3.63) is 12.7 Å². The molecule has 0 saturated heterocycles. The largest absolute Gasteiger partial charge is 0.314 e. The van der Waals surface area contributed by atoms with Crippen LogP contribution in [0.2, 0.25) is 0 Å². The molecule has 78 valence electrons. The first-order chi connectivity index (χ1) is 6.20. The summed E-state index contributed by atoms with van der Waals surface area (Å²) in [5, 5.41) is 3.51. The normalized spacial score (nSPS) is 15.3. The van der Waals surface area contributed by atoms with E-state index in [1.54, 1.807) is 0 Å². The lowest BCUT2D eigenvalue weighted by Gasteiger charge is -2.17. The summed E-state index contributed by atoms with van der Waals surface area (Å²) in [6.07, 6.45) is 6.96. The molecule has 0 amide bonds. The Morgan fingerprint density at radius 1 is 1.38 bits per heavy atom. The van der Waals surface area contributed by atoms with E-state index in [4.69, 9.17) is 0 Å². The molecule has 0 aromatic rings. The molecule has 2 unspecified atom stereocenters. The van der Waals surface area contributed by atoms with Crippen molar-refractivity contribution in [2.24, 2.45) is 5.92 Å². The quantitative estimate of drug-likeness (QED) is 0.569. The number of hydrogen-bond acceptors (Lipinski definition) is 1. The van der Waals surface area contributed by atoms with Crippen LogP contribution in [0.4, 0.5) is 0 Å². The Bertz CT molecular complexity index is 120. The molecule has 1 heteroatoms. The second-order valence-electron chi connectivity index (χ2n) is 4.06. The third-order valence-corrected chi connectivity index (χ3v) is 2.36. The smallest absolute Gasteiger partial charge is 0.00412 e. The molecule has 0 saturated carbocycles. The van der Waals surface area contributed by atoms with Crippen molar-refractivity contribution in [3.8, 4) is 0 Å². The molecule has 0 aliphatic rings. The van der Waals surface area contributed by atoms with Crippen LogP contribution in [0.15, 0.2) is 12.7 Å². The molecule has 0 aliphatic heterocycles. The maximum absolute atomic E-state index is 3.75. The second kappa shape index (κ2) is 8.31. The number of nitrogens with one attached hydrogen (secondary N) is 1. The second-order valence-corrected chi connectivity index (χ2v) is 4.06. The summed E-state index contributed by atoms with van der Waals surface area (Å²) in [6.45, 7) is 11.7. The molecule has 0 radical (unpaired) electrons. The van der Waals surface area contributed by atoms with E-state index in [0.717, 1.165) is 18.9 Å². The van der Waals surface area contributed by atoms with E-state index in [2.05, 4.69) is 32.7 Å². The van der Waals surface area contributed by atoms with Crippen LogP contribution in [0, 0.1) is 5.92 Å². The van der Waals surface area contributed by atoms with Gasteiger partial charge >= 0.3 is 0 Å². The predicted octanol–water partition coefficient (Wildman–Crippen LogP) is 3.37. The minimum Gasteiger partial charge on any atom is -0.314 e. The van der Waals surface area contributed by atoms with Crippen LogP contribution in [-0.4, -0.2) is 12.6 Å². The monoisotopic (exact) mass is 183 g/mol. The van der Waals surface area contributed by atoms with E-state index in [9.17, 15) is 0 Å². The van der Waals surface area contributed by atoms with Gasteiger partial charge in [0.15, 0.2) is 0 Å². The molecule has 0 fully saturated rings. The fraction of sp³-hybridized carbons (Fsp3) is 0.833. The molecule has 1 nitrogen and oxygen atoms in total. The van der Waals surface area contributed by atoms with Crippen LogP contribution in [0.5, 0.6) is 0 Å². The highest BCUT2D eigenvalue weighted by molar-refractivity contribution is 4.71. The molecule has 2 atom stereocenters. The van der Waals surface area contributed by atoms with Gasteiger partial charge in [-0.25, -0.2) is 0 Å². The van der Waals surface area contributed by atoms with Gasteiger partial charge in [-0.3, -0.25) is 0 Å². The summed E-state index contributed by atoms with van der Waals surface area (Å²) in [7, 11) is 0. The average molecular weight is 183 g/mol. The number of hydrogen-bond donors (Lipinski definition) is 1. The Morgan fingerprint density at radius 3 is 2.62 bits per heavy atom. The van der Waals surface area contributed by atoms with Gasteiger partial charge in [-0.05, 0) is 45.1 Å². The van der Waals surface area contributed by atoms with Crippen LogP contribution >= 0.6 is 0 Å². The SMILES string of the molecule is C=CCCC(C)CC(C)NCCC. The van der Waals surface area contributed by atoms with Crippen molar-refractivity contribution in [2.75, 3.05) is 6.54 Å². The summed E-state index contributed by atoms with van der Waals surface area (Å²) in [5.74, 6) is 0.817. The number of rotatable bonds is 8. The molecule has 0 aromatic carbocycles. The summed E-state index contributed by atoms with van der Waals surface area (Å²) in [4.78, 5) is 0. The van der Waals surface area contributed by atoms with Crippen molar-refractivity contribution in [3.63, 3.8) is 0 Å². The van der Waals surface area contributed by atoms with Crippen LogP contribution < -0.4 is 5.32 Å². The van der Waals surface area contributed by atoms with Crippen LogP contribution in [0.25, 0.3) is 0 Å². The van der Waals surface area contributed by atoms with Crippen LogP contribution in [0.3, 0.4) is 0 Å². The predicted molar refractivity (Wildman–Crippen MR) is 61.0 cm³/mol. The highest BCUT2D eigenvalue weighted by Gasteiger charge is 2.06. The topological polar surface area (TPSA) is 12.0 Å². The van der Waals surface area contributed by atoms with Crippen molar-refractivity contribution in [1.29, 1.82) is 0 Å². The van der Waals surface area contributed by atoms with Crippen molar-refractivity contribution in [2.45, 2.75) is 52.5 Å². The first-order valence-corrected chi connectivity index (χ1v) is 5.55. The zero-order valence-corrected chi connectivity index (χ0v) is 9.47. The lowest BCUT2D eigenvalue weighted by molar-refractivity contribution is 0.405. The standard InChI is InChI=1S/C12H25N/c1-5-7-8-11(3)10-12(4)13-9-6-2/h5,11-13H,1,6-10H2,2-4H3. The average Bonchev–Trinajstić information content (AvgIpc) is 2.11. The van der Waals surface area contributed by atoms with Crippen molar-refractivity contribution >= 4 is 0 Å². The molecule has 0 bridgehead atoms. The fourth-order valence-corrected chi connectivity index (χ4v) is 1.60. The van der Waals surface area contributed by atoms with Crippen molar-refractivity contribution in [1.82, 2.24) is 5.32 Å². The maximum atomic E-state index is 3.75. The fourth-order valence-electron chi connectivity index (χ4n) is 1.60. The molecule has 0 heterocycles. The molecule has 1 N–H and O–H groups in total. The molecule has 0 rings (SSSR count). The summed E-state index contributed by atoms with van der Waals surface area (Å²) >= 11 is 0. The molecular weight excluding hydrogens is 158 g/mol. The first-order valence-electron chi connectivity index (χ1n) is 5.55. The lowest BCUT2D eigenvalue weighted by Crippen LogP contribution is -2.28. The molecule has 13 heavy (non-hydrogen) atoms. The van der Waals surface area contributed by atoms with Gasteiger partial charge in [-0.2, -0.15) is 0 Å². The minimum atomic E-state index is 0.666. The first kappa shape index (κ1) is 12.7. The van der Waals surface area contributed by atoms with E-state index in [0.29, 0.717) is 6.04 Å². The third-order valence-electron chi connectivity index (χ3n) is 2.36. The highest BCUT2D eigenvalue weighted by Crippen LogP contribution is 2.12. The Hall–Kier alpha value is -0.300. The Morgan fingerprint density at radius 2 is 2.08 bits per heavy atom. The minimum absolute atomic E-state index is 0.666. The van der Waals surface area contributed by atoms with Gasteiger partial charge < -0.3 is 5.32 Å². The van der Waals surface area contributed by atoms with E-state index in [1.807, 2.05) is 6.08 Å². The van der Waals surface area contributed by atoms with Crippen LogP contribution in [0.1, 0.15) is 46.5 Å². The van der Waals surface area contributed by atoms with E-state index in [1.165, 1.54) is 19.3 Å². The zero-order valence-electron chi connectivity index (χ0n) is 9.47. The Kier molecular flexibility index (Phi) is 8.11. The van der Waals surface area contributed by atoms with Gasteiger partial charge in [0, 0.05) is 6.04 Å². The van der Waals surface area contributed by atoms with Crippen LogP contribution in [-0.2, 0) is 0 Å². The summed E-state index contributed by atoms with van der Waals surface area (Å²) < 4.78 is 0. The molecular formula is C12H25N. The van der Waals surface area contributed by atoms with Gasteiger partial charge in [0.1, 0.15) is 0 Å².